The Hall–Kier alpha value is -1.11. The minimum Gasteiger partial charge on any atom is -0.339 e. The van der Waals surface area contributed by atoms with Crippen LogP contribution in [0.2, 0.25) is 0 Å². The van der Waals surface area contributed by atoms with Gasteiger partial charge in [0.05, 0.1) is 11.7 Å². The van der Waals surface area contributed by atoms with E-state index in [-0.39, 0.29) is 35.9 Å². The van der Waals surface area contributed by atoms with Crippen molar-refractivity contribution in [3.8, 4) is 0 Å². The van der Waals surface area contributed by atoms with Crippen molar-refractivity contribution in [2.45, 2.75) is 39.8 Å². The molecule has 5 nitrogen and oxygen atoms in total. The summed E-state index contributed by atoms with van der Waals surface area (Å²) in [6, 6.07) is 8.71. The average Bonchev–Trinajstić information content (AvgIpc) is 2.54. The molecule has 0 aliphatic heterocycles. The summed E-state index contributed by atoms with van der Waals surface area (Å²) in [5.41, 5.74) is 7.12. The van der Waals surface area contributed by atoms with E-state index in [9.17, 15) is 13.2 Å². The molecule has 0 aliphatic rings. The van der Waals surface area contributed by atoms with Crippen LogP contribution in [0.1, 0.15) is 39.3 Å². The Balaban J connectivity index is 0.00000529. The molecule has 0 saturated carbocycles. The maximum absolute atomic E-state index is 12.8. The van der Waals surface area contributed by atoms with Crippen LogP contribution in [-0.2, 0) is 14.6 Å². The lowest BCUT2D eigenvalue weighted by Gasteiger charge is -2.32. The van der Waals surface area contributed by atoms with E-state index < -0.39 is 21.8 Å². The highest BCUT2D eigenvalue weighted by Crippen LogP contribution is 2.22. The van der Waals surface area contributed by atoms with Gasteiger partial charge >= 0.3 is 0 Å². The fourth-order valence-corrected chi connectivity index (χ4v) is 3.79. The molecule has 1 aromatic rings. The minimum atomic E-state index is -3.13. The van der Waals surface area contributed by atoms with Crippen LogP contribution in [0.5, 0.6) is 0 Å². The number of rotatable bonds is 8. The molecule has 0 bridgehead atoms. The second kappa shape index (κ2) is 10.0. The molecule has 1 aromatic carbocycles. The van der Waals surface area contributed by atoms with Crippen molar-refractivity contribution in [3.63, 3.8) is 0 Å². The maximum atomic E-state index is 12.8. The molecule has 3 atom stereocenters. The van der Waals surface area contributed by atoms with Gasteiger partial charge in [0, 0.05) is 24.4 Å². The van der Waals surface area contributed by atoms with Crippen molar-refractivity contribution in [2.24, 2.45) is 11.7 Å². The van der Waals surface area contributed by atoms with Crippen molar-refractivity contribution in [3.05, 3.63) is 35.9 Å². The molecule has 0 fully saturated rings. The second-order valence-corrected chi connectivity index (χ2v) is 8.30. The van der Waals surface area contributed by atoms with Crippen LogP contribution < -0.4 is 5.73 Å². The fraction of sp³-hybridized carbons (Fsp3) is 0.588. The third-order valence-electron chi connectivity index (χ3n) is 4.20. The molecule has 0 aromatic heterocycles. The largest absolute Gasteiger partial charge is 0.339 e. The Kier molecular flexibility index (Phi) is 9.55. The smallest absolute Gasteiger partial charge is 0.227 e. The average molecular weight is 377 g/mol. The molecule has 24 heavy (non-hydrogen) atoms. The second-order valence-electron chi connectivity index (χ2n) is 5.90. The number of amides is 1. The predicted molar refractivity (Wildman–Crippen MR) is 101 cm³/mol. The van der Waals surface area contributed by atoms with Crippen molar-refractivity contribution in [1.82, 2.24) is 4.90 Å². The highest BCUT2D eigenvalue weighted by Gasteiger charge is 2.30. The molecule has 0 heterocycles. The summed E-state index contributed by atoms with van der Waals surface area (Å²) < 4.78 is 23.6. The Morgan fingerprint density at radius 1 is 1.17 bits per heavy atom. The van der Waals surface area contributed by atoms with Gasteiger partial charge < -0.3 is 10.6 Å². The van der Waals surface area contributed by atoms with Gasteiger partial charge in [0.2, 0.25) is 5.91 Å². The van der Waals surface area contributed by atoms with Crippen LogP contribution in [0.25, 0.3) is 0 Å². The zero-order chi connectivity index (χ0) is 17.6. The highest BCUT2D eigenvalue weighted by molar-refractivity contribution is 7.91. The summed E-state index contributed by atoms with van der Waals surface area (Å²) >= 11 is 0. The quantitative estimate of drug-likeness (QED) is 0.755. The lowest BCUT2D eigenvalue weighted by molar-refractivity contribution is -0.137. The third kappa shape index (κ3) is 6.07. The maximum Gasteiger partial charge on any atom is 0.227 e. The van der Waals surface area contributed by atoms with Gasteiger partial charge in [-0.25, -0.2) is 8.42 Å². The first kappa shape index (κ1) is 22.9. The SMILES string of the molecule is CCN(C(=O)C(C)C(N)c1ccccc1)C(C)CS(=O)(=O)CC.Cl. The Morgan fingerprint density at radius 3 is 2.17 bits per heavy atom. The molecule has 0 radical (unpaired) electrons. The van der Waals surface area contributed by atoms with E-state index in [4.69, 9.17) is 5.73 Å². The molecule has 138 valence electrons. The number of benzene rings is 1. The summed E-state index contributed by atoms with van der Waals surface area (Å²) in [5.74, 6) is -0.453. The van der Waals surface area contributed by atoms with Gasteiger partial charge in [0.15, 0.2) is 9.84 Å². The molecule has 0 saturated heterocycles. The van der Waals surface area contributed by atoms with Crippen molar-refractivity contribution >= 4 is 28.2 Å². The first-order valence-corrected chi connectivity index (χ1v) is 9.87. The number of halogens is 1. The van der Waals surface area contributed by atoms with E-state index in [1.165, 1.54) is 0 Å². The van der Waals surface area contributed by atoms with E-state index in [0.29, 0.717) is 6.54 Å². The summed E-state index contributed by atoms with van der Waals surface area (Å²) in [4.78, 5) is 14.4. The first-order chi connectivity index (χ1) is 10.7. The summed E-state index contributed by atoms with van der Waals surface area (Å²) in [7, 11) is -3.13. The van der Waals surface area contributed by atoms with E-state index >= 15 is 0 Å². The highest BCUT2D eigenvalue weighted by atomic mass is 35.5. The summed E-state index contributed by atoms with van der Waals surface area (Å²) in [6.45, 7) is 7.51. The van der Waals surface area contributed by atoms with Crippen LogP contribution in [0.4, 0.5) is 0 Å². The predicted octanol–water partition coefficient (Wildman–Crippen LogP) is 2.42. The summed E-state index contributed by atoms with van der Waals surface area (Å²) in [5, 5.41) is 0. The number of carbonyl (C=O) groups excluding carboxylic acids is 1. The molecule has 1 rings (SSSR count). The number of hydrogen-bond donors (Lipinski definition) is 1. The van der Waals surface area contributed by atoms with Crippen LogP contribution in [0.3, 0.4) is 0 Å². The van der Waals surface area contributed by atoms with E-state index in [1.54, 1.807) is 25.7 Å². The van der Waals surface area contributed by atoms with Gasteiger partial charge in [0.25, 0.3) is 0 Å². The number of nitrogens with zero attached hydrogens (tertiary/aromatic N) is 1. The molecule has 7 heteroatoms. The molecule has 2 N–H and O–H groups in total. The Labute approximate surface area is 151 Å². The van der Waals surface area contributed by atoms with Gasteiger partial charge in [-0.3, -0.25) is 4.79 Å². The normalized spacial score (nSPS) is 15.0. The lowest BCUT2D eigenvalue weighted by Crippen LogP contribution is -2.46. The van der Waals surface area contributed by atoms with E-state index in [1.807, 2.05) is 37.3 Å². The lowest BCUT2D eigenvalue weighted by atomic mass is 9.94. The number of sulfone groups is 1. The van der Waals surface area contributed by atoms with Crippen LogP contribution in [-0.4, -0.2) is 43.3 Å². The topological polar surface area (TPSA) is 80.5 Å². The van der Waals surface area contributed by atoms with Crippen molar-refractivity contribution in [2.75, 3.05) is 18.1 Å². The standard InChI is InChI=1S/C17H28N2O3S.ClH/c1-5-19(13(3)12-23(21,22)6-2)17(20)14(4)16(18)15-10-8-7-9-11-15;/h7-11,13-14,16H,5-6,12,18H2,1-4H3;1H. The van der Waals surface area contributed by atoms with Crippen LogP contribution in [0, 0.1) is 5.92 Å². The third-order valence-corrected chi connectivity index (χ3v) is 6.07. The number of nitrogens with two attached hydrogens (primary N) is 1. The monoisotopic (exact) mass is 376 g/mol. The Bertz CT molecular complexity index is 608. The molecular formula is C17H29ClN2O3S. The summed E-state index contributed by atoms with van der Waals surface area (Å²) in [6.07, 6.45) is 0. The first-order valence-electron chi connectivity index (χ1n) is 8.04. The zero-order valence-electron chi connectivity index (χ0n) is 14.8. The van der Waals surface area contributed by atoms with Crippen LogP contribution in [0.15, 0.2) is 30.3 Å². The van der Waals surface area contributed by atoms with Crippen molar-refractivity contribution in [1.29, 1.82) is 0 Å². The minimum absolute atomic E-state index is 0. The number of hydrogen-bond acceptors (Lipinski definition) is 4. The number of carbonyl (C=O) groups is 1. The molecule has 3 unspecified atom stereocenters. The van der Waals surface area contributed by atoms with Crippen molar-refractivity contribution < 1.29 is 13.2 Å². The fourth-order valence-electron chi connectivity index (χ4n) is 2.64. The molecule has 0 aliphatic carbocycles. The van der Waals surface area contributed by atoms with Crippen LogP contribution >= 0.6 is 12.4 Å². The van der Waals surface area contributed by atoms with Gasteiger partial charge in [0.1, 0.15) is 0 Å². The molecule has 0 spiro atoms. The van der Waals surface area contributed by atoms with E-state index in [2.05, 4.69) is 0 Å². The Morgan fingerprint density at radius 2 is 1.71 bits per heavy atom. The van der Waals surface area contributed by atoms with Gasteiger partial charge in [-0.2, -0.15) is 0 Å². The van der Waals surface area contributed by atoms with Gasteiger partial charge in [-0.05, 0) is 19.4 Å². The van der Waals surface area contributed by atoms with Gasteiger partial charge in [-0.1, -0.05) is 44.2 Å². The molecular weight excluding hydrogens is 348 g/mol. The molecule has 1 amide bonds. The van der Waals surface area contributed by atoms with Gasteiger partial charge in [-0.15, -0.1) is 12.4 Å². The van der Waals surface area contributed by atoms with E-state index in [0.717, 1.165) is 5.56 Å². The zero-order valence-corrected chi connectivity index (χ0v) is 16.4.